The molecule has 0 saturated heterocycles. The van der Waals surface area contributed by atoms with Gasteiger partial charge in [0.2, 0.25) is 0 Å². The van der Waals surface area contributed by atoms with Crippen LogP contribution in [0.5, 0.6) is 11.5 Å². The van der Waals surface area contributed by atoms with Gasteiger partial charge in [-0.15, -0.1) is 5.11 Å². The molecule has 0 aliphatic heterocycles. The highest BCUT2D eigenvalue weighted by molar-refractivity contribution is 5.60. The number of nitro groups is 1. The number of benzene rings is 2. The number of nitrogens with zero attached hydrogens (tertiary/aromatic N) is 3. The summed E-state index contributed by atoms with van der Waals surface area (Å²) in [6.07, 6.45) is 2.07. The third-order valence-electron chi connectivity index (χ3n) is 4.44. The topological polar surface area (TPSA) is 86.3 Å². The number of rotatable bonds is 8. The lowest BCUT2D eigenvalue weighted by molar-refractivity contribution is -0.384. The molecule has 0 heterocycles. The first-order chi connectivity index (χ1) is 12.8. The van der Waals surface area contributed by atoms with Gasteiger partial charge in [-0.25, -0.2) is 0 Å². The van der Waals surface area contributed by atoms with Crippen LogP contribution in [0.2, 0.25) is 0 Å². The van der Waals surface area contributed by atoms with Gasteiger partial charge >= 0.3 is 0 Å². The van der Waals surface area contributed by atoms with Crippen LogP contribution in [0, 0.1) is 10.1 Å². The van der Waals surface area contributed by atoms with Gasteiger partial charge < -0.3 is 9.47 Å². The van der Waals surface area contributed by atoms with E-state index < -0.39 is 4.92 Å². The maximum absolute atomic E-state index is 10.7. The highest BCUT2D eigenvalue weighted by Crippen LogP contribution is 2.42. The van der Waals surface area contributed by atoms with Crippen molar-refractivity contribution in [3.63, 3.8) is 0 Å². The van der Waals surface area contributed by atoms with Gasteiger partial charge in [0.25, 0.3) is 5.69 Å². The molecule has 0 N–H and O–H groups in total. The van der Waals surface area contributed by atoms with Crippen LogP contribution in [-0.4, -0.2) is 19.1 Å². The van der Waals surface area contributed by atoms with Crippen LogP contribution in [0.3, 0.4) is 0 Å². The smallest absolute Gasteiger partial charge is 0.269 e. The van der Waals surface area contributed by atoms with Crippen molar-refractivity contribution in [3.05, 3.63) is 52.1 Å². The Morgan fingerprint density at radius 3 is 2.19 bits per heavy atom. The van der Waals surface area contributed by atoms with Gasteiger partial charge in [0.15, 0.2) is 0 Å². The number of nitro benzene ring substituents is 1. The Bertz CT molecular complexity index is 830. The minimum atomic E-state index is -0.453. The molecule has 0 atom stereocenters. The van der Waals surface area contributed by atoms with Crippen molar-refractivity contribution in [1.29, 1.82) is 0 Å². The van der Waals surface area contributed by atoms with Crippen molar-refractivity contribution in [2.75, 3.05) is 14.2 Å². The van der Waals surface area contributed by atoms with Gasteiger partial charge in [-0.3, -0.25) is 10.1 Å². The van der Waals surface area contributed by atoms with Gasteiger partial charge in [0.05, 0.1) is 24.8 Å². The molecule has 2 aromatic carbocycles. The van der Waals surface area contributed by atoms with Gasteiger partial charge in [0, 0.05) is 23.8 Å². The van der Waals surface area contributed by atoms with E-state index in [0.717, 1.165) is 24.2 Å². The van der Waals surface area contributed by atoms with Gasteiger partial charge in [-0.2, -0.15) is 5.11 Å². The van der Waals surface area contributed by atoms with E-state index in [1.807, 2.05) is 6.07 Å². The normalized spacial score (nSPS) is 11.6. The zero-order valence-electron chi connectivity index (χ0n) is 16.4. The molecule has 2 aromatic rings. The molecule has 0 aliphatic carbocycles. The van der Waals surface area contributed by atoms with Crippen molar-refractivity contribution < 1.29 is 14.4 Å². The Labute approximate surface area is 159 Å². The SMILES string of the molecule is CCCC(C)(C)c1cc(OC)c(N=Nc2ccc([N+](=O)[O-])cc2)cc1OC. The number of non-ortho nitro benzene ring substituents is 1. The third kappa shape index (κ3) is 4.81. The zero-order chi connectivity index (χ0) is 20.0. The summed E-state index contributed by atoms with van der Waals surface area (Å²) in [6, 6.07) is 9.62. The highest BCUT2D eigenvalue weighted by atomic mass is 16.6. The van der Waals surface area contributed by atoms with E-state index in [2.05, 4.69) is 31.0 Å². The summed E-state index contributed by atoms with van der Waals surface area (Å²) < 4.78 is 11.1. The van der Waals surface area contributed by atoms with E-state index in [-0.39, 0.29) is 11.1 Å². The largest absolute Gasteiger partial charge is 0.496 e. The molecular formula is C20H25N3O4. The zero-order valence-corrected chi connectivity index (χ0v) is 16.4. The minimum absolute atomic E-state index is 0.00992. The lowest BCUT2D eigenvalue weighted by Crippen LogP contribution is -2.18. The van der Waals surface area contributed by atoms with Gasteiger partial charge in [-0.05, 0) is 30.0 Å². The number of hydrogen-bond acceptors (Lipinski definition) is 6. The molecule has 7 nitrogen and oxygen atoms in total. The first kappa shape index (κ1) is 20.4. The van der Waals surface area contributed by atoms with Crippen LogP contribution in [0.15, 0.2) is 46.6 Å². The van der Waals surface area contributed by atoms with Crippen molar-refractivity contribution >= 4 is 17.1 Å². The van der Waals surface area contributed by atoms with Crippen molar-refractivity contribution in [3.8, 4) is 11.5 Å². The third-order valence-corrected chi connectivity index (χ3v) is 4.44. The van der Waals surface area contributed by atoms with E-state index in [9.17, 15) is 10.1 Å². The second kappa shape index (κ2) is 8.62. The van der Waals surface area contributed by atoms with Gasteiger partial charge in [0.1, 0.15) is 17.2 Å². The van der Waals surface area contributed by atoms with Crippen LogP contribution < -0.4 is 9.47 Å². The number of ether oxygens (including phenoxy) is 2. The second-order valence-electron chi connectivity index (χ2n) is 6.83. The van der Waals surface area contributed by atoms with E-state index >= 15 is 0 Å². The molecule has 0 spiro atoms. The fraction of sp³-hybridized carbons (Fsp3) is 0.400. The van der Waals surface area contributed by atoms with Crippen molar-refractivity contribution in [2.24, 2.45) is 10.2 Å². The summed E-state index contributed by atoms with van der Waals surface area (Å²) in [7, 11) is 3.22. The fourth-order valence-corrected chi connectivity index (χ4v) is 3.00. The number of hydrogen-bond donors (Lipinski definition) is 0. The molecule has 0 unspecified atom stereocenters. The number of methoxy groups -OCH3 is 2. The quantitative estimate of drug-likeness (QED) is 0.318. The molecule has 0 amide bonds. The van der Waals surface area contributed by atoms with Gasteiger partial charge in [-0.1, -0.05) is 27.2 Å². The Morgan fingerprint density at radius 1 is 1.04 bits per heavy atom. The molecule has 27 heavy (non-hydrogen) atoms. The maximum atomic E-state index is 10.7. The maximum Gasteiger partial charge on any atom is 0.269 e. The second-order valence-corrected chi connectivity index (χ2v) is 6.83. The lowest BCUT2D eigenvalue weighted by atomic mass is 9.80. The summed E-state index contributed by atoms with van der Waals surface area (Å²) in [5.41, 5.74) is 2.04. The molecule has 0 saturated carbocycles. The van der Waals surface area contributed by atoms with Crippen molar-refractivity contribution in [2.45, 2.75) is 39.0 Å². The van der Waals surface area contributed by atoms with E-state index in [1.54, 1.807) is 32.4 Å². The van der Waals surface area contributed by atoms with Crippen LogP contribution in [0.4, 0.5) is 17.1 Å². The fourth-order valence-electron chi connectivity index (χ4n) is 3.00. The summed E-state index contributed by atoms with van der Waals surface area (Å²) in [4.78, 5) is 10.3. The van der Waals surface area contributed by atoms with Crippen LogP contribution in [0.25, 0.3) is 0 Å². The van der Waals surface area contributed by atoms with E-state index in [0.29, 0.717) is 17.1 Å². The predicted molar refractivity (Wildman–Crippen MR) is 105 cm³/mol. The molecule has 144 valence electrons. The Morgan fingerprint density at radius 2 is 1.67 bits per heavy atom. The average Bonchev–Trinajstić information content (AvgIpc) is 2.65. The minimum Gasteiger partial charge on any atom is -0.496 e. The molecule has 0 bridgehead atoms. The molecule has 0 aliphatic rings. The predicted octanol–water partition coefficient (Wildman–Crippen LogP) is 6.11. The standard InChI is InChI=1S/C20H25N3O4/c1-6-11-20(2,3)16-12-19(27-5)17(13-18(16)26-4)22-21-14-7-9-15(10-8-14)23(24)25/h7-10,12-13H,6,11H2,1-5H3. The number of azo groups is 1. The van der Waals surface area contributed by atoms with E-state index in [4.69, 9.17) is 9.47 Å². The van der Waals surface area contributed by atoms with Crippen LogP contribution in [0.1, 0.15) is 39.2 Å². The molecular weight excluding hydrogens is 346 g/mol. The highest BCUT2D eigenvalue weighted by Gasteiger charge is 2.25. The van der Waals surface area contributed by atoms with E-state index in [1.165, 1.54) is 12.1 Å². The molecule has 0 radical (unpaired) electrons. The average molecular weight is 371 g/mol. The summed E-state index contributed by atoms with van der Waals surface area (Å²) in [6.45, 7) is 6.50. The Kier molecular flexibility index (Phi) is 6.50. The first-order valence-electron chi connectivity index (χ1n) is 8.75. The summed E-state index contributed by atoms with van der Waals surface area (Å²) >= 11 is 0. The Hall–Kier alpha value is -2.96. The monoisotopic (exact) mass is 371 g/mol. The summed E-state index contributed by atoms with van der Waals surface area (Å²) in [5.74, 6) is 1.33. The lowest BCUT2D eigenvalue weighted by Gasteiger charge is -2.27. The van der Waals surface area contributed by atoms with Crippen molar-refractivity contribution in [1.82, 2.24) is 0 Å². The molecule has 0 aromatic heterocycles. The Balaban J connectivity index is 2.40. The molecule has 0 fully saturated rings. The summed E-state index contributed by atoms with van der Waals surface area (Å²) in [5, 5.41) is 19.1. The van der Waals surface area contributed by atoms with Crippen LogP contribution >= 0.6 is 0 Å². The first-order valence-corrected chi connectivity index (χ1v) is 8.75. The molecule has 7 heteroatoms. The molecule has 2 rings (SSSR count). The van der Waals surface area contributed by atoms with Crippen LogP contribution in [-0.2, 0) is 5.41 Å².